The summed E-state index contributed by atoms with van der Waals surface area (Å²) in [6.45, 7) is -0.611. The number of aliphatic hydroxyl groups excluding tert-OH is 1. The fourth-order valence-electron chi connectivity index (χ4n) is 2.47. The molecule has 2 N–H and O–H groups in total. The van der Waals surface area contributed by atoms with Crippen LogP contribution in [0.3, 0.4) is 0 Å². The molecule has 0 unspecified atom stereocenters. The molecule has 0 fully saturated rings. The Morgan fingerprint density at radius 2 is 1.80 bits per heavy atom. The zero-order valence-corrected chi connectivity index (χ0v) is 17.0. The fraction of sp³-hybridized carbons (Fsp3) is 0.0455. The standard InChI is InChI=1S/C22H16Cl2N2O4/c23-15-4-8-18(9-5-15)30-22-19(2-1-11-25-22)21(29)26-20-10-6-16(24)12-14(20)3-7-17(28)13-27/h1-12,27H,13H2,(H,26,29)/b7-3+. The van der Waals surface area contributed by atoms with E-state index in [1.165, 1.54) is 18.3 Å². The molecule has 1 heterocycles. The van der Waals surface area contributed by atoms with Crippen molar-refractivity contribution in [3.8, 4) is 11.6 Å². The molecule has 0 bridgehead atoms. The largest absolute Gasteiger partial charge is 0.438 e. The molecule has 0 aliphatic carbocycles. The van der Waals surface area contributed by atoms with E-state index in [9.17, 15) is 9.59 Å². The molecule has 0 atom stereocenters. The Morgan fingerprint density at radius 3 is 2.53 bits per heavy atom. The SMILES string of the molecule is O=C(/C=C/c1cc(Cl)ccc1NC(=O)c1cccnc1Oc1ccc(Cl)cc1)CO. The molecule has 6 nitrogen and oxygen atoms in total. The number of carbonyl (C=O) groups is 2. The van der Waals surface area contributed by atoms with Crippen molar-refractivity contribution in [2.75, 3.05) is 11.9 Å². The second kappa shape index (κ2) is 10.0. The van der Waals surface area contributed by atoms with Crippen molar-refractivity contribution < 1.29 is 19.4 Å². The van der Waals surface area contributed by atoms with Gasteiger partial charge in [0.1, 0.15) is 17.9 Å². The van der Waals surface area contributed by atoms with Crippen molar-refractivity contribution in [1.29, 1.82) is 0 Å². The van der Waals surface area contributed by atoms with E-state index >= 15 is 0 Å². The predicted molar refractivity (Wildman–Crippen MR) is 116 cm³/mol. The van der Waals surface area contributed by atoms with Crippen LogP contribution in [-0.2, 0) is 4.79 Å². The highest BCUT2D eigenvalue weighted by atomic mass is 35.5. The van der Waals surface area contributed by atoms with Crippen LogP contribution < -0.4 is 10.1 Å². The molecule has 0 aliphatic heterocycles. The minimum atomic E-state index is -0.611. The average molecular weight is 443 g/mol. The maximum Gasteiger partial charge on any atom is 0.261 e. The van der Waals surface area contributed by atoms with Crippen LogP contribution in [0.1, 0.15) is 15.9 Å². The normalized spacial score (nSPS) is 10.8. The number of aromatic nitrogens is 1. The first kappa shape index (κ1) is 21.5. The van der Waals surface area contributed by atoms with Gasteiger partial charge >= 0.3 is 0 Å². The van der Waals surface area contributed by atoms with Crippen molar-refractivity contribution >= 4 is 46.7 Å². The lowest BCUT2D eigenvalue weighted by molar-refractivity contribution is -0.117. The molecule has 152 valence electrons. The molecule has 3 rings (SSSR count). The molecule has 2 aromatic carbocycles. The summed E-state index contributed by atoms with van der Waals surface area (Å²) in [7, 11) is 0. The summed E-state index contributed by atoms with van der Waals surface area (Å²) in [6, 6.07) is 14.7. The van der Waals surface area contributed by atoms with Crippen molar-refractivity contribution in [2.45, 2.75) is 0 Å². The molecule has 0 radical (unpaired) electrons. The number of nitrogens with one attached hydrogen (secondary N) is 1. The lowest BCUT2D eigenvalue weighted by atomic mass is 10.1. The van der Waals surface area contributed by atoms with Gasteiger partial charge in [0.2, 0.25) is 5.88 Å². The van der Waals surface area contributed by atoms with Gasteiger partial charge in [0.15, 0.2) is 5.78 Å². The van der Waals surface area contributed by atoms with Gasteiger partial charge in [-0.2, -0.15) is 0 Å². The Kier molecular flexibility index (Phi) is 7.19. The maximum absolute atomic E-state index is 12.9. The number of hydrogen-bond donors (Lipinski definition) is 2. The van der Waals surface area contributed by atoms with E-state index in [0.29, 0.717) is 27.0 Å². The summed E-state index contributed by atoms with van der Waals surface area (Å²) in [5.41, 5.74) is 1.14. The zero-order chi connectivity index (χ0) is 21.5. The lowest BCUT2D eigenvalue weighted by Crippen LogP contribution is -2.14. The number of aliphatic hydroxyl groups is 1. The van der Waals surface area contributed by atoms with Gasteiger partial charge in [-0.25, -0.2) is 4.98 Å². The smallest absolute Gasteiger partial charge is 0.261 e. The number of nitrogens with zero attached hydrogens (tertiary/aromatic N) is 1. The number of ether oxygens (including phenoxy) is 1. The summed E-state index contributed by atoms with van der Waals surface area (Å²) >= 11 is 11.9. The van der Waals surface area contributed by atoms with Crippen LogP contribution in [0.4, 0.5) is 5.69 Å². The van der Waals surface area contributed by atoms with Gasteiger partial charge in [-0.05, 0) is 72.3 Å². The van der Waals surface area contributed by atoms with Gasteiger partial charge in [0, 0.05) is 21.9 Å². The second-order valence-corrected chi connectivity index (χ2v) is 6.93. The molecule has 3 aromatic rings. The van der Waals surface area contributed by atoms with E-state index in [4.69, 9.17) is 33.0 Å². The highest BCUT2D eigenvalue weighted by Crippen LogP contribution is 2.27. The number of anilines is 1. The van der Waals surface area contributed by atoms with E-state index in [2.05, 4.69) is 10.3 Å². The fourth-order valence-corrected chi connectivity index (χ4v) is 2.78. The van der Waals surface area contributed by atoms with E-state index < -0.39 is 18.3 Å². The molecule has 1 aromatic heterocycles. The van der Waals surface area contributed by atoms with Crippen LogP contribution in [0, 0.1) is 0 Å². The molecule has 0 saturated heterocycles. The van der Waals surface area contributed by atoms with Gasteiger partial charge in [-0.1, -0.05) is 23.2 Å². The number of pyridine rings is 1. The Balaban J connectivity index is 1.86. The Bertz CT molecular complexity index is 1100. The first-order chi connectivity index (χ1) is 14.5. The highest BCUT2D eigenvalue weighted by molar-refractivity contribution is 6.31. The third-order valence-electron chi connectivity index (χ3n) is 3.91. The van der Waals surface area contributed by atoms with Crippen LogP contribution >= 0.6 is 23.2 Å². The van der Waals surface area contributed by atoms with Crippen molar-refractivity contribution in [3.63, 3.8) is 0 Å². The van der Waals surface area contributed by atoms with Crippen LogP contribution in [0.25, 0.3) is 6.08 Å². The molecular weight excluding hydrogens is 427 g/mol. The number of halogens is 2. The van der Waals surface area contributed by atoms with E-state index in [0.717, 1.165) is 0 Å². The Labute approximate surface area is 182 Å². The minimum Gasteiger partial charge on any atom is -0.438 e. The number of ketones is 1. The lowest BCUT2D eigenvalue weighted by Gasteiger charge is -2.12. The van der Waals surface area contributed by atoms with Crippen molar-refractivity contribution in [1.82, 2.24) is 4.98 Å². The zero-order valence-electron chi connectivity index (χ0n) is 15.5. The molecule has 8 heteroatoms. The maximum atomic E-state index is 12.9. The molecule has 0 saturated carbocycles. The van der Waals surface area contributed by atoms with Gasteiger partial charge in [-0.15, -0.1) is 0 Å². The van der Waals surface area contributed by atoms with Crippen molar-refractivity contribution in [2.24, 2.45) is 0 Å². The Hall–Kier alpha value is -3.19. The molecule has 1 amide bonds. The van der Waals surface area contributed by atoms with Gasteiger partial charge < -0.3 is 15.2 Å². The average Bonchev–Trinajstić information content (AvgIpc) is 2.75. The number of carbonyl (C=O) groups excluding carboxylic acids is 2. The molecule has 0 aliphatic rings. The summed E-state index contributed by atoms with van der Waals surface area (Å²) in [6.07, 6.45) is 4.19. The molecule has 0 spiro atoms. The number of benzene rings is 2. The quantitative estimate of drug-likeness (QED) is 0.502. The second-order valence-electron chi connectivity index (χ2n) is 6.06. The monoisotopic (exact) mass is 442 g/mol. The van der Waals surface area contributed by atoms with Crippen molar-refractivity contribution in [3.05, 3.63) is 88.0 Å². The third-order valence-corrected chi connectivity index (χ3v) is 4.40. The highest BCUT2D eigenvalue weighted by Gasteiger charge is 2.16. The number of rotatable bonds is 7. The third kappa shape index (κ3) is 5.67. The van der Waals surface area contributed by atoms with Crippen LogP contribution in [0.15, 0.2) is 66.9 Å². The summed E-state index contributed by atoms with van der Waals surface area (Å²) in [4.78, 5) is 28.4. The van der Waals surface area contributed by atoms with Crippen LogP contribution in [0.2, 0.25) is 10.0 Å². The molecular formula is C22H16Cl2N2O4. The van der Waals surface area contributed by atoms with Crippen LogP contribution in [-0.4, -0.2) is 28.4 Å². The summed E-state index contributed by atoms with van der Waals surface area (Å²) in [5, 5.41) is 12.6. The molecule has 30 heavy (non-hydrogen) atoms. The Morgan fingerprint density at radius 1 is 1.07 bits per heavy atom. The predicted octanol–water partition coefficient (Wildman–Crippen LogP) is 5.01. The topological polar surface area (TPSA) is 88.5 Å². The first-order valence-electron chi connectivity index (χ1n) is 8.77. The van der Waals surface area contributed by atoms with Gasteiger partial charge in [0.25, 0.3) is 5.91 Å². The van der Waals surface area contributed by atoms with E-state index in [1.807, 2.05) is 0 Å². The minimum absolute atomic E-state index is 0.124. The van der Waals surface area contributed by atoms with Gasteiger partial charge in [0.05, 0.1) is 0 Å². The number of hydrogen-bond acceptors (Lipinski definition) is 5. The summed E-state index contributed by atoms with van der Waals surface area (Å²) < 4.78 is 5.73. The van der Waals surface area contributed by atoms with Gasteiger partial charge in [-0.3, -0.25) is 9.59 Å². The first-order valence-corrected chi connectivity index (χ1v) is 9.53. The van der Waals surface area contributed by atoms with E-state index in [-0.39, 0.29) is 11.4 Å². The van der Waals surface area contributed by atoms with E-state index in [1.54, 1.807) is 54.6 Å². The summed E-state index contributed by atoms with van der Waals surface area (Å²) in [5.74, 6) is -0.334. The van der Waals surface area contributed by atoms with Crippen LogP contribution in [0.5, 0.6) is 11.6 Å². The number of amides is 1.